The molecule has 1 fully saturated rings. The lowest BCUT2D eigenvalue weighted by atomic mass is 9.96. The Morgan fingerprint density at radius 2 is 1.61 bits per heavy atom. The van der Waals surface area contributed by atoms with Crippen molar-refractivity contribution in [3.05, 3.63) is 32.1 Å². The number of ether oxygens (including phenoxy) is 3. The Hall–Kier alpha value is -1.82. The molecule has 41 heavy (non-hydrogen) atoms. The van der Waals surface area contributed by atoms with E-state index < -0.39 is 96.1 Å². The summed E-state index contributed by atoms with van der Waals surface area (Å²) in [4.78, 5) is 50.6. The molecule has 234 valence electrons. The number of aliphatic hydroxyl groups is 2. The number of nitrogens with zero attached hydrogens (tertiary/aromatic N) is 1. The summed E-state index contributed by atoms with van der Waals surface area (Å²) in [5.41, 5.74) is -5.11. The molecule has 0 aromatic carbocycles. The number of carbonyl (C=O) groups is 2. The Morgan fingerprint density at radius 3 is 2.05 bits per heavy atom. The predicted octanol–water partition coefficient (Wildman–Crippen LogP) is 0.545. The van der Waals surface area contributed by atoms with Gasteiger partial charge in [0, 0.05) is 6.20 Å². The highest BCUT2D eigenvalue weighted by Gasteiger charge is 2.61. The highest BCUT2D eigenvalue weighted by molar-refractivity contribution is 8.10. The quantitative estimate of drug-likeness (QED) is 0.147. The Kier molecular flexibility index (Phi) is 12.2. The summed E-state index contributed by atoms with van der Waals surface area (Å²) in [5, 5.41) is 26.1. The molecule has 0 saturated carbocycles. The summed E-state index contributed by atoms with van der Waals surface area (Å²) >= 11 is 11.3. The van der Waals surface area contributed by atoms with E-state index in [0.717, 1.165) is 6.20 Å². The average Bonchev–Trinajstić information content (AvgIpc) is 3.10. The number of nitrogens with one attached hydrogen (secondary N) is 3. The van der Waals surface area contributed by atoms with Crippen LogP contribution < -0.4 is 21.4 Å². The van der Waals surface area contributed by atoms with Crippen molar-refractivity contribution in [2.45, 2.75) is 96.3 Å². The van der Waals surface area contributed by atoms with Gasteiger partial charge in [-0.2, -0.15) is 0 Å². The molecule has 6 unspecified atom stereocenters. The summed E-state index contributed by atoms with van der Waals surface area (Å²) in [7, 11) is 0. The number of carbonyl (C=O) groups excluding carboxylic acids is 2. The topological polar surface area (TPSA) is 190 Å². The second kappa shape index (κ2) is 14.1. The summed E-state index contributed by atoms with van der Waals surface area (Å²) in [5.74, 6) is -1.52. The molecule has 0 bridgehead atoms. The molecule has 14 nitrogen and oxygen atoms in total. The second-order valence-corrected chi connectivity index (χ2v) is 13.7. The third-order valence-electron chi connectivity index (χ3n) is 5.63. The van der Waals surface area contributed by atoms with Crippen LogP contribution in [0.1, 0.15) is 47.8 Å². The lowest BCUT2D eigenvalue weighted by Crippen LogP contribution is -2.53. The van der Waals surface area contributed by atoms with Gasteiger partial charge < -0.3 is 28.9 Å². The van der Waals surface area contributed by atoms with Gasteiger partial charge in [-0.3, -0.25) is 23.9 Å². The monoisotopic (exact) mass is 650 g/mol. The van der Waals surface area contributed by atoms with Crippen LogP contribution in [-0.2, 0) is 40.1 Å². The Morgan fingerprint density at radius 1 is 1.12 bits per heavy atom. The minimum absolute atomic E-state index is 0.495. The molecule has 6 atom stereocenters. The van der Waals surface area contributed by atoms with Crippen LogP contribution in [0.5, 0.6) is 0 Å². The van der Waals surface area contributed by atoms with Crippen molar-refractivity contribution >= 4 is 41.9 Å². The predicted molar refractivity (Wildman–Crippen MR) is 145 cm³/mol. The zero-order valence-corrected chi connectivity index (χ0v) is 25.5. The van der Waals surface area contributed by atoms with Gasteiger partial charge in [-0.25, -0.2) is 23.7 Å². The molecule has 5 N–H and O–H groups in total. The van der Waals surface area contributed by atoms with Crippen LogP contribution >= 0.6 is 18.2 Å². The number of H-pyrrole nitrogens is 1. The van der Waals surface area contributed by atoms with Gasteiger partial charge in [-0.05, 0) is 53.3 Å². The summed E-state index contributed by atoms with van der Waals surface area (Å²) in [6.45, 7) is 4.12. The van der Waals surface area contributed by atoms with E-state index in [-0.39, 0.29) is 0 Å². The van der Waals surface area contributed by atoms with Gasteiger partial charge in [0.25, 0.3) is 12.0 Å². The number of halogens is 3. The molecule has 0 aliphatic carbocycles. The van der Waals surface area contributed by atoms with Crippen LogP contribution in [0.15, 0.2) is 15.8 Å². The van der Waals surface area contributed by atoms with Crippen LogP contribution in [0.3, 0.4) is 0 Å². The van der Waals surface area contributed by atoms with Crippen LogP contribution in [0, 0.1) is 0 Å². The fourth-order valence-corrected chi connectivity index (χ4v) is 6.73. The molecular formula is C22H34ClF2N4O10PS. The molecular weight excluding hydrogens is 617 g/mol. The smallest absolute Gasteiger partial charge is 0.330 e. The van der Waals surface area contributed by atoms with Crippen molar-refractivity contribution < 1.29 is 47.3 Å². The lowest BCUT2D eigenvalue weighted by molar-refractivity contribution is -0.191. The Labute approximate surface area is 243 Å². The maximum atomic E-state index is 14.5. The molecule has 1 saturated heterocycles. The van der Waals surface area contributed by atoms with Gasteiger partial charge in [-0.1, -0.05) is 11.6 Å². The van der Waals surface area contributed by atoms with Crippen molar-refractivity contribution in [2.24, 2.45) is 0 Å². The van der Waals surface area contributed by atoms with E-state index in [1.54, 1.807) is 27.7 Å². The molecule has 1 aliphatic rings. The fraction of sp³-hybridized carbons (Fsp3) is 0.727. The average molecular weight is 651 g/mol. The van der Waals surface area contributed by atoms with Gasteiger partial charge in [0.2, 0.25) is 0 Å². The third kappa shape index (κ3) is 8.61. The minimum Gasteiger partial charge on any atom is -0.462 e. The van der Waals surface area contributed by atoms with E-state index in [4.69, 9.17) is 42.1 Å². The van der Waals surface area contributed by atoms with Crippen LogP contribution in [0.4, 0.5) is 8.78 Å². The lowest BCUT2D eigenvalue weighted by Gasteiger charge is -2.35. The fourth-order valence-electron chi connectivity index (χ4n) is 3.63. The zero-order valence-electron chi connectivity index (χ0n) is 23.0. The highest BCUT2D eigenvalue weighted by atomic mass is 35.5. The third-order valence-corrected chi connectivity index (χ3v) is 8.80. The molecule has 1 aromatic rings. The summed E-state index contributed by atoms with van der Waals surface area (Å²) in [6.07, 6.45) is -10.2. The molecule has 0 amide bonds. The van der Waals surface area contributed by atoms with E-state index in [1.807, 2.05) is 4.98 Å². The first-order chi connectivity index (χ1) is 18.8. The maximum absolute atomic E-state index is 14.5. The number of aromatic amines is 1. The number of alkyl halides is 2. The standard InChI is InChI=1S/C22H34ClF2N4O10PS/c1-9(2)37-18(33)11(5)27-40(41,28-12(6)19(34)38-10(3)4)36-8-22(20(24)25)15(31)14(30)17(39-22)29-7-13(23)16(32)26-21(29)35/h7,9-12,14-15,17,20,30-31H,8H2,1-6H3,(H,26,32,35)(H2,27,28,41). The van der Waals surface area contributed by atoms with Crippen molar-refractivity contribution in [1.29, 1.82) is 0 Å². The van der Waals surface area contributed by atoms with E-state index in [2.05, 4.69) is 10.2 Å². The van der Waals surface area contributed by atoms with Crippen molar-refractivity contribution in [3.8, 4) is 0 Å². The largest absolute Gasteiger partial charge is 0.462 e. The molecule has 2 rings (SSSR count). The van der Waals surface area contributed by atoms with Crippen LogP contribution in [-0.4, -0.2) is 86.8 Å². The first kappa shape index (κ1) is 35.4. The van der Waals surface area contributed by atoms with E-state index in [0.29, 0.717) is 4.57 Å². The normalized spacial score (nSPS) is 25.8. The molecule has 2 heterocycles. The first-order valence-corrected chi connectivity index (χ1v) is 15.5. The SMILES string of the molecule is CC(C)OC(=O)C(C)NP(=S)(NC(C)C(=O)OC(C)C)OCC1(C(F)F)OC(n2cc(Cl)c(=O)[nH]c2=O)C(O)C1O. The van der Waals surface area contributed by atoms with Crippen molar-refractivity contribution in [2.75, 3.05) is 6.61 Å². The molecule has 1 aromatic heterocycles. The number of aliphatic hydroxyl groups excluding tert-OH is 2. The first-order valence-electron chi connectivity index (χ1n) is 12.4. The van der Waals surface area contributed by atoms with E-state index in [1.165, 1.54) is 13.8 Å². The number of hydrogen-bond acceptors (Lipinski definition) is 11. The summed E-state index contributed by atoms with van der Waals surface area (Å²) < 4.78 is 50.9. The molecule has 1 aliphatic heterocycles. The van der Waals surface area contributed by atoms with Gasteiger partial charge in [0.05, 0.1) is 18.8 Å². The molecule has 0 spiro atoms. The van der Waals surface area contributed by atoms with Crippen LogP contribution in [0.25, 0.3) is 0 Å². The number of esters is 2. The van der Waals surface area contributed by atoms with E-state index >= 15 is 0 Å². The van der Waals surface area contributed by atoms with E-state index in [9.17, 15) is 38.2 Å². The van der Waals surface area contributed by atoms with Crippen molar-refractivity contribution in [3.63, 3.8) is 0 Å². The minimum atomic E-state index is -3.83. The van der Waals surface area contributed by atoms with Gasteiger partial charge >= 0.3 is 17.6 Å². The summed E-state index contributed by atoms with van der Waals surface area (Å²) in [6, 6.07) is -2.30. The zero-order chi connectivity index (χ0) is 31.4. The number of hydrogen-bond donors (Lipinski definition) is 5. The van der Waals surface area contributed by atoms with Gasteiger partial charge in [0.1, 0.15) is 29.3 Å². The highest BCUT2D eigenvalue weighted by Crippen LogP contribution is 2.46. The number of aromatic nitrogens is 2. The van der Waals surface area contributed by atoms with Gasteiger partial charge in [0.15, 0.2) is 18.4 Å². The molecule has 19 heteroatoms. The maximum Gasteiger partial charge on any atom is 0.330 e. The van der Waals surface area contributed by atoms with Crippen LogP contribution in [0.2, 0.25) is 5.02 Å². The Bertz CT molecular complexity index is 1230. The van der Waals surface area contributed by atoms with Gasteiger partial charge in [-0.15, -0.1) is 0 Å². The second-order valence-electron chi connectivity index (χ2n) is 9.84. The Balaban J connectivity index is 2.42. The van der Waals surface area contributed by atoms with Crippen molar-refractivity contribution in [1.82, 2.24) is 19.7 Å². The molecule has 0 radical (unpaired) electrons. The number of rotatable bonds is 13.